The van der Waals surface area contributed by atoms with Crippen LogP contribution >= 0.6 is 0 Å². The molecule has 3 amide bonds. The summed E-state index contributed by atoms with van der Waals surface area (Å²) in [5.41, 5.74) is 5.50. The number of ether oxygens (including phenoxy) is 1. The molecule has 0 aromatic heterocycles. The van der Waals surface area contributed by atoms with Gasteiger partial charge in [-0.15, -0.1) is 0 Å². The molecule has 1 heterocycles. The van der Waals surface area contributed by atoms with Crippen molar-refractivity contribution in [2.24, 2.45) is 0 Å². The van der Waals surface area contributed by atoms with E-state index in [0.29, 0.717) is 16.9 Å². The molecule has 0 saturated carbocycles. The molecule has 172 valence electrons. The molecular formula is C25H27N3O5. The number of carbonyl (C=O) groups is 4. The molecule has 1 aliphatic rings. The van der Waals surface area contributed by atoms with E-state index in [1.807, 2.05) is 39.0 Å². The average Bonchev–Trinajstić information content (AvgIpc) is 3.02. The van der Waals surface area contributed by atoms with Crippen molar-refractivity contribution in [3.63, 3.8) is 0 Å². The van der Waals surface area contributed by atoms with Gasteiger partial charge in [-0.25, -0.2) is 0 Å². The number of rotatable bonds is 8. The van der Waals surface area contributed by atoms with Crippen molar-refractivity contribution in [2.75, 3.05) is 25.0 Å². The topological polar surface area (TPSA) is 105 Å². The molecule has 8 nitrogen and oxygen atoms in total. The van der Waals surface area contributed by atoms with Gasteiger partial charge in [0.25, 0.3) is 11.8 Å². The summed E-state index contributed by atoms with van der Waals surface area (Å²) in [5, 5.41) is 5.21. The fourth-order valence-corrected chi connectivity index (χ4v) is 3.78. The molecule has 0 bridgehead atoms. The number of hydrogen-bond donors (Lipinski definition) is 2. The van der Waals surface area contributed by atoms with Crippen LogP contribution in [-0.2, 0) is 19.1 Å². The van der Waals surface area contributed by atoms with Gasteiger partial charge in [-0.2, -0.15) is 0 Å². The van der Waals surface area contributed by atoms with E-state index in [1.165, 1.54) is 4.90 Å². The highest BCUT2D eigenvalue weighted by molar-refractivity contribution is 6.08. The third kappa shape index (κ3) is 5.65. The van der Waals surface area contributed by atoms with E-state index in [-0.39, 0.29) is 31.3 Å². The zero-order chi connectivity index (χ0) is 24.1. The molecule has 0 spiro atoms. The van der Waals surface area contributed by atoms with Crippen LogP contribution in [0.4, 0.5) is 5.69 Å². The van der Waals surface area contributed by atoms with Crippen LogP contribution in [-0.4, -0.2) is 48.3 Å². The van der Waals surface area contributed by atoms with Crippen molar-refractivity contribution >= 4 is 35.1 Å². The molecular weight excluding hydrogens is 422 g/mol. The van der Waals surface area contributed by atoms with E-state index < -0.39 is 18.5 Å². The maximum atomic E-state index is 12.4. The lowest BCUT2D eigenvalue weighted by Crippen LogP contribution is -2.36. The number of carbonyl (C=O) groups excluding carboxylic acids is 4. The number of nitrogens with one attached hydrogen (secondary N) is 2. The molecule has 0 aliphatic carbocycles. The Morgan fingerprint density at radius 2 is 1.64 bits per heavy atom. The first-order valence-corrected chi connectivity index (χ1v) is 10.6. The van der Waals surface area contributed by atoms with Gasteiger partial charge in [0.15, 0.2) is 6.61 Å². The molecule has 2 aromatic rings. The Balaban J connectivity index is 1.39. The molecule has 2 N–H and O–H groups in total. The Morgan fingerprint density at radius 3 is 2.27 bits per heavy atom. The highest BCUT2D eigenvalue weighted by Gasteiger charge is 2.30. The van der Waals surface area contributed by atoms with Crippen LogP contribution in [0, 0.1) is 20.8 Å². The fraction of sp³-hybridized carbons (Fsp3) is 0.280. The highest BCUT2D eigenvalue weighted by atomic mass is 16.5. The maximum absolute atomic E-state index is 12.4. The zero-order valence-electron chi connectivity index (χ0n) is 19.0. The smallest absolute Gasteiger partial charge is 0.308 e. The first kappa shape index (κ1) is 23.7. The standard InChI is InChI=1S/C25H27N3O5/c1-15-11-16(2)24(17(3)12-15)27-21(29)13-26-22(30)14-33-23(31)9-10-28-18(4)19-7-5-6-8-20(19)25(28)32/h5-8,11-12H,4,9-10,13-14H2,1-3H3,(H,26,30)(H,27,29). The van der Waals surface area contributed by atoms with Crippen molar-refractivity contribution in [1.29, 1.82) is 0 Å². The second-order valence-electron chi connectivity index (χ2n) is 7.96. The predicted molar refractivity (Wildman–Crippen MR) is 124 cm³/mol. The molecule has 0 unspecified atom stereocenters. The summed E-state index contributed by atoms with van der Waals surface area (Å²) < 4.78 is 4.96. The summed E-state index contributed by atoms with van der Waals surface area (Å²) >= 11 is 0. The number of amides is 3. The molecule has 0 fully saturated rings. The van der Waals surface area contributed by atoms with Crippen LogP contribution in [0.15, 0.2) is 43.0 Å². The van der Waals surface area contributed by atoms with Gasteiger partial charge in [-0.3, -0.25) is 19.2 Å². The number of fused-ring (bicyclic) bond motifs is 1. The van der Waals surface area contributed by atoms with Gasteiger partial charge in [0.1, 0.15) is 0 Å². The second-order valence-corrected chi connectivity index (χ2v) is 7.96. The summed E-state index contributed by atoms with van der Waals surface area (Å²) in [4.78, 5) is 50.0. The molecule has 8 heteroatoms. The van der Waals surface area contributed by atoms with Crippen LogP contribution in [0.5, 0.6) is 0 Å². The maximum Gasteiger partial charge on any atom is 0.308 e. The lowest BCUT2D eigenvalue weighted by molar-refractivity contribution is -0.148. The van der Waals surface area contributed by atoms with Crippen LogP contribution in [0.2, 0.25) is 0 Å². The molecule has 0 saturated heterocycles. The zero-order valence-corrected chi connectivity index (χ0v) is 19.0. The number of aryl methyl sites for hydroxylation is 3. The Labute approximate surface area is 192 Å². The number of anilines is 1. The second kappa shape index (κ2) is 10.1. The number of nitrogens with zero attached hydrogens (tertiary/aromatic N) is 1. The fourth-order valence-electron chi connectivity index (χ4n) is 3.78. The van der Waals surface area contributed by atoms with Crippen molar-refractivity contribution in [1.82, 2.24) is 10.2 Å². The van der Waals surface area contributed by atoms with E-state index >= 15 is 0 Å². The normalized spacial score (nSPS) is 12.4. The first-order chi connectivity index (χ1) is 15.7. The summed E-state index contributed by atoms with van der Waals surface area (Å²) in [7, 11) is 0. The van der Waals surface area contributed by atoms with Crippen LogP contribution < -0.4 is 10.6 Å². The molecule has 0 radical (unpaired) electrons. The largest absolute Gasteiger partial charge is 0.456 e. The third-order valence-corrected chi connectivity index (χ3v) is 5.33. The number of esters is 1. The Hall–Kier alpha value is -3.94. The molecule has 3 rings (SSSR count). The Kier molecular flexibility index (Phi) is 7.27. The molecule has 1 aliphatic heterocycles. The third-order valence-electron chi connectivity index (χ3n) is 5.33. The molecule has 33 heavy (non-hydrogen) atoms. The minimum Gasteiger partial charge on any atom is -0.456 e. The summed E-state index contributed by atoms with van der Waals surface area (Å²) in [6.07, 6.45) is -0.0848. The minimum atomic E-state index is -0.628. The Morgan fingerprint density at radius 1 is 1.00 bits per heavy atom. The lowest BCUT2D eigenvalue weighted by atomic mass is 10.1. The summed E-state index contributed by atoms with van der Waals surface area (Å²) in [5.74, 6) is -1.82. The van der Waals surface area contributed by atoms with Gasteiger partial charge in [-0.1, -0.05) is 42.5 Å². The molecule has 0 atom stereocenters. The van der Waals surface area contributed by atoms with Crippen LogP contribution in [0.25, 0.3) is 5.70 Å². The first-order valence-electron chi connectivity index (χ1n) is 10.6. The summed E-state index contributed by atoms with van der Waals surface area (Å²) in [6.45, 7) is 9.04. The van der Waals surface area contributed by atoms with Crippen molar-refractivity contribution in [3.05, 3.63) is 70.8 Å². The number of hydrogen-bond acceptors (Lipinski definition) is 5. The van der Waals surface area contributed by atoms with Crippen molar-refractivity contribution < 1.29 is 23.9 Å². The van der Waals surface area contributed by atoms with Gasteiger partial charge >= 0.3 is 5.97 Å². The van der Waals surface area contributed by atoms with Gasteiger partial charge in [0.2, 0.25) is 5.91 Å². The average molecular weight is 450 g/mol. The number of benzene rings is 2. The lowest BCUT2D eigenvalue weighted by Gasteiger charge is -2.16. The van der Waals surface area contributed by atoms with E-state index in [2.05, 4.69) is 17.2 Å². The summed E-state index contributed by atoms with van der Waals surface area (Å²) in [6, 6.07) is 11.0. The van der Waals surface area contributed by atoms with E-state index in [0.717, 1.165) is 22.3 Å². The van der Waals surface area contributed by atoms with E-state index in [4.69, 9.17) is 4.74 Å². The Bertz CT molecular complexity index is 1080. The highest BCUT2D eigenvalue weighted by Crippen LogP contribution is 2.31. The van der Waals surface area contributed by atoms with E-state index in [1.54, 1.807) is 18.2 Å². The van der Waals surface area contributed by atoms with Gasteiger partial charge in [0.05, 0.1) is 13.0 Å². The minimum absolute atomic E-state index is 0.0848. The van der Waals surface area contributed by atoms with Gasteiger partial charge in [0, 0.05) is 29.1 Å². The monoisotopic (exact) mass is 449 g/mol. The van der Waals surface area contributed by atoms with Crippen LogP contribution in [0.3, 0.4) is 0 Å². The van der Waals surface area contributed by atoms with Crippen LogP contribution in [0.1, 0.15) is 39.0 Å². The van der Waals surface area contributed by atoms with E-state index in [9.17, 15) is 19.2 Å². The van der Waals surface area contributed by atoms with Gasteiger partial charge in [-0.05, 0) is 38.0 Å². The van der Waals surface area contributed by atoms with Crippen molar-refractivity contribution in [3.8, 4) is 0 Å². The quantitative estimate of drug-likeness (QED) is 0.603. The predicted octanol–water partition coefficient (Wildman–Crippen LogP) is 2.73. The SMILES string of the molecule is C=C1c2ccccc2C(=O)N1CCC(=O)OCC(=O)NCC(=O)Nc1c(C)cc(C)cc1C. The molecule has 2 aromatic carbocycles. The van der Waals surface area contributed by atoms with Gasteiger partial charge < -0.3 is 20.3 Å². The van der Waals surface area contributed by atoms with Crippen molar-refractivity contribution in [2.45, 2.75) is 27.2 Å².